The van der Waals surface area contributed by atoms with E-state index in [1.807, 2.05) is 20.8 Å². The van der Waals surface area contributed by atoms with Crippen LogP contribution in [0.3, 0.4) is 0 Å². The van der Waals surface area contributed by atoms with Crippen LogP contribution < -0.4 is 15.0 Å². The third-order valence-electron chi connectivity index (χ3n) is 4.98. The van der Waals surface area contributed by atoms with E-state index in [0.29, 0.717) is 29.2 Å². The number of anilines is 2. The first-order valence-corrected chi connectivity index (χ1v) is 9.30. The lowest BCUT2D eigenvalue weighted by Crippen LogP contribution is -2.42. The summed E-state index contributed by atoms with van der Waals surface area (Å²) < 4.78 is 5.82. The molecule has 1 N–H and O–H groups in total. The Hall–Kier alpha value is -3.42. The van der Waals surface area contributed by atoms with Crippen LogP contribution in [-0.4, -0.2) is 29.9 Å². The maximum Gasteiger partial charge on any atom is 0.273 e. The van der Waals surface area contributed by atoms with Crippen LogP contribution >= 0.6 is 0 Å². The lowest BCUT2D eigenvalue weighted by atomic mass is 9.93. The largest absolute Gasteiger partial charge is 0.490 e. The molecule has 2 aromatic rings. The third kappa shape index (κ3) is 3.78. The quantitative estimate of drug-likeness (QED) is 0.622. The van der Waals surface area contributed by atoms with Crippen molar-refractivity contribution < 1.29 is 19.2 Å². The van der Waals surface area contributed by atoms with E-state index in [0.717, 1.165) is 0 Å². The van der Waals surface area contributed by atoms with E-state index in [1.54, 1.807) is 23.1 Å². The monoisotopic (exact) mass is 397 g/mol. The molecule has 1 aliphatic heterocycles. The molecule has 0 unspecified atom stereocenters. The van der Waals surface area contributed by atoms with Crippen LogP contribution in [-0.2, 0) is 4.79 Å². The normalized spacial score (nSPS) is 15.2. The minimum atomic E-state index is -0.668. The van der Waals surface area contributed by atoms with Crippen molar-refractivity contribution in [3.63, 3.8) is 0 Å². The summed E-state index contributed by atoms with van der Waals surface area (Å²) in [5.41, 5.74) is 0.775. The Morgan fingerprint density at radius 1 is 1.31 bits per heavy atom. The van der Waals surface area contributed by atoms with Crippen molar-refractivity contribution in [1.82, 2.24) is 0 Å². The fourth-order valence-electron chi connectivity index (χ4n) is 3.30. The van der Waals surface area contributed by atoms with Gasteiger partial charge in [-0.25, -0.2) is 0 Å². The Morgan fingerprint density at radius 3 is 2.69 bits per heavy atom. The summed E-state index contributed by atoms with van der Waals surface area (Å²) >= 11 is 0. The molecule has 3 rings (SSSR count). The van der Waals surface area contributed by atoms with Crippen LogP contribution in [0.4, 0.5) is 17.1 Å². The zero-order valence-electron chi connectivity index (χ0n) is 16.8. The number of carbonyl (C=O) groups is 2. The molecule has 0 aliphatic carbocycles. The van der Waals surface area contributed by atoms with Gasteiger partial charge in [0.25, 0.3) is 11.6 Å². The van der Waals surface area contributed by atoms with Crippen LogP contribution in [0.1, 0.15) is 36.7 Å². The predicted molar refractivity (Wildman–Crippen MR) is 110 cm³/mol. The van der Waals surface area contributed by atoms with Crippen LogP contribution in [0.2, 0.25) is 0 Å². The van der Waals surface area contributed by atoms with Gasteiger partial charge in [-0.1, -0.05) is 6.07 Å². The molecule has 0 bridgehead atoms. The molecular formula is C21H23N3O5. The summed E-state index contributed by atoms with van der Waals surface area (Å²) in [5.74, 6) is 0.0439. The molecule has 2 amide bonds. The van der Waals surface area contributed by atoms with Crippen LogP contribution in [0.15, 0.2) is 36.4 Å². The zero-order chi connectivity index (χ0) is 21.3. The van der Waals surface area contributed by atoms with E-state index in [4.69, 9.17) is 4.74 Å². The minimum absolute atomic E-state index is 0.0586. The van der Waals surface area contributed by atoms with E-state index in [-0.39, 0.29) is 23.8 Å². The fraction of sp³-hybridized carbons (Fsp3) is 0.333. The maximum absolute atomic E-state index is 12.9. The summed E-state index contributed by atoms with van der Waals surface area (Å²) in [6, 6.07) is 9.45. The topological polar surface area (TPSA) is 102 Å². The molecule has 0 radical (unpaired) electrons. The molecule has 0 saturated carbocycles. The Kier molecular flexibility index (Phi) is 5.28. The average Bonchev–Trinajstić information content (AvgIpc) is 2.76. The second-order valence-electron chi connectivity index (χ2n) is 7.57. The SMILES string of the molecule is CCN1C(=O)C(C)(C)COc2ccc(NC(=O)c3cccc([N+](=O)[O-])c3C)cc21. The van der Waals surface area contributed by atoms with Crippen molar-refractivity contribution in [2.24, 2.45) is 5.41 Å². The number of nitro benzene ring substituents is 1. The van der Waals surface area contributed by atoms with Gasteiger partial charge in [0.2, 0.25) is 5.91 Å². The number of fused-ring (bicyclic) bond motifs is 1. The highest BCUT2D eigenvalue weighted by atomic mass is 16.6. The second kappa shape index (κ2) is 7.54. The van der Waals surface area contributed by atoms with Crippen LogP contribution in [0.25, 0.3) is 0 Å². The van der Waals surface area contributed by atoms with Crippen molar-refractivity contribution in [3.8, 4) is 5.75 Å². The number of amides is 2. The van der Waals surface area contributed by atoms with Crippen LogP contribution in [0.5, 0.6) is 5.75 Å². The third-order valence-corrected chi connectivity index (χ3v) is 4.98. The van der Waals surface area contributed by atoms with Gasteiger partial charge >= 0.3 is 0 Å². The Labute approximate surface area is 168 Å². The molecule has 1 heterocycles. The standard InChI is InChI=1S/C21H23N3O5/c1-5-23-17-11-14(9-10-18(17)29-12-21(3,4)20(23)26)22-19(25)15-7-6-8-16(13(15)2)24(27)28/h6-11H,5,12H2,1-4H3,(H,22,25). The molecule has 8 nitrogen and oxygen atoms in total. The first-order valence-electron chi connectivity index (χ1n) is 9.30. The number of rotatable bonds is 4. The Morgan fingerprint density at radius 2 is 2.03 bits per heavy atom. The Balaban J connectivity index is 1.93. The highest BCUT2D eigenvalue weighted by molar-refractivity contribution is 6.06. The summed E-state index contributed by atoms with van der Waals surface area (Å²) in [7, 11) is 0. The molecule has 0 saturated heterocycles. The van der Waals surface area contributed by atoms with Crippen molar-refractivity contribution in [2.45, 2.75) is 27.7 Å². The average molecular weight is 397 g/mol. The number of nitro groups is 1. The molecule has 1 aliphatic rings. The number of carbonyl (C=O) groups excluding carboxylic acids is 2. The lowest BCUT2D eigenvalue weighted by molar-refractivity contribution is -0.385. The highest BCUT2D eigenvalue weighted by Crippen LogP contribution is 2.38. The highest BCUT2D eigenvalue weighted by Gasteiger charge is 2.37. The molecule has 0 aromatic heterocycles. The van der Waals surface area contributed by atoms with E-state index < -0.39 is 16.2 Å². The number of hydrogen-bond acceptors (Lipinski definition) is 5. The molecule has 8 heteroatoms. The molecule has 0 spiro atoms. The molecule has 2 aromatic carbocycles. The van der Waals surface area contributed by atoms with E-state index in [9.17, 15) is 19.7 Å². The van der Waals surface area contributed by atoms with Gasteiger partial charge in [-0.3, -0.25) is 19.7 Å². The number of nitrogens with zero attached hydrogens (tertiary/aromatic N) is 2. The zero-order valence-corrected chi connectivity index (χ0v) is 16.8. The molecule has 29 heavy (non-hydrogen) atoms. The Bertz CT molecular complexity index is 1000. The van der Waals surface area contributed by atoms with Gasteiger partial charge < -0.3 is 15.0 Å². The van der Waals surface area contributed by atoms with Crippen LogP contribution in [0, 0.1) is 22.5 Å². The number of ether oxygens (including phenoxy) is 1. The number of benzene rings is 2. The summed E-state index contributed by atoms with van der Waals surface area (Å²) in [5, 5.41) is 13.9. The first kappa shape index (κ1) is 20.3. The summed E-state index contributed by atoms with van der Waals surface area (Å²) in [6.07, 6.45) is 0. The first-order chi connectivity index (χ1) is 13.7. The van der Waals surface area contributed by atoms with E-state index >= 15 is 0 Å². The molecule has 152 valence electrons. The van der Waals surface area contributed by atoms with E-state index in [2.05, 4.69) is 5.32 Å². The predicted octanol–water partition coefficient (Wildman–Crippen LogP) is 3.93. The van der Waals surface area contributed by atoms with Gasteiger partial charge in [0, 0.05) is 29.4 Å². The van der Waals surface area contributed by atoms with Crippen molar-refractivity contribution >= 4 is 28.9 Å². The van der Waals surface area contributed by atoms with Gasteiger partial charge in [-0.2, -0.15) is 0 Å². The maximum atomic E-state index is 12.9. The van der Waals surface area contributed by atoms with E-state index in [1.165, 1.54) is 25.1 Å². The fourth-order valence-corrected chi connectivity index (χ4v) is 3.30. The molecule has 0 fully saturated rings. The molecule has 0 atom stereocenters. The van der Waals surface area contributed by atoms with Gasteiger partial charge in [-0.05, 0) is 52.0 Å². The number of nitrogens with one attached hydrogen (secondary N) is 1. The summed E-state index contributed by atoms with van der Waals surface area (Å²) in [4.78, 5) is 37.8. The van der Waals surface area contributed by atoms with Crippen molar-refractivity contribution in [3.05, 3.63) is 57.6 Å². The van der Waals surface area contributed by atoms with Gasteiger partial charge in [0.1, 0.15) is 12.4 Å². The minimum Gasteiger partial charge on any atom is -0.490 e. The van der Waals surface area contributed by atoms with Gasteiger partial charge in [0.15, 0.2) is 0 Å². The van der Waals surface area contributed by atoms with Crippen molar-refractivity contribution in [1.29, 1.82) is 0 Å². The summed E-state index contributed by atoms with van der Waals surface area (Å²) in [6.45, 7) is 7.79. The second-order valence-corrected chi connectivity index (χ2v) is 7.57. The van der Waals surface area contributed by atoms with Gasteiger partial charge in [0.05, 0.1) is 16.0 Å². The van der Waals surface area contributed by atoms with Gasteiger partial charge in [-0.15, -0.1) is 0 Å². The molecular weight excluding hydrogens is 374 g/mol. The number of hydrogen-bond donors (Lipinski definition) is 1. The smallest absolute Gasteiger partial charge is 0.273 e. The van der Waals surface area contributed by atoms with Crippen molar-refractivity contribution in [2.75, 3.05) is 23.4 Å². The lowest BCUT2D eigenvalue weighted by Gasteiger charge is -2.27.